The van der Waals surface area contributed by atoms with Crippen LogP contribution in [0.3, 0.4) is 0 Å². The van der Waals surface area contributed by atoms with E-state index in [1.807, 2.05) is 5.38 Å². The predicted octanol–water partition coefficient (Wildman–Crippen LogP) is 4.88. The summed E-state index contributed by atoms with van der Waals surface area (Å²) in [6, 6.07) is 2.06. The molecule has 134 valence electrons. The minimum atomic E-state index is 0.151. The number of thiazole rings is 2. The van der Waals surface area contributed by atoms with E-state index in [0.29, 0.717) is 12.8 Å². The number of thioether (sulfide) groups is 1. The Morgan fingerprint density at radius 1 is 1.16 bits per heavy atom. The number of aromatic nitrogens is 2. The van der Waals surface area contributed by atoms with Crippen LogP contribution in [0.5, 0.6) is 0 Å². The number of rotatable bonds is 8. The quantitative estimate of drug-likeness (QED) is 0.552. The summed E-state index contributed by atoms with van der Waals surface area (Å²) in [6.07, 6.45) is 4.33. The van der Waals surface area contributed by atoms with E-state index < -0.39 is 0 Å². The Hall–Kier alpha value is -0.770. The van der Waals surface area contributed by atoms with E-state index in [4.69, 9.17) is 9.97 Å². The van der Waals surface area contributed by atoms with Gasteiger partial charge in [-0.1, -0.05) is 35.2 Å². The van der Waals surface area contributed by atoms with Crippen molar-refractivity contribution >= 4 is 60.3 Å². The second kappa shape index (κ2) is 8.75. The van der Waals surface area contributed by atoms with Crippen molar-refractivity contribution in [2.24, 2.45) is 0 Å². The van der Waals surface area contributed by atoms with Crippen LogP contribution in [0.25, 0.3) is 24.5 Å². The molecule has 0 atom stereocenters. The lowest BCUT2D eigenvalue weighted by atomic mass is 10.1. The van der Waals surface area contributed by atoms with Gasteiger partial charge in [0.1, 0.15) is 10.0 Å². The Bertz CT molecular complexity index is 847. The lowest BCUT2D eigenvalue weighted by Crippen LogP contribution is -1.92. The van der Waals surface area contributed by atoms with E-state index in [-0.39, 0.29) is 13.2 Å². The highest BCUT2D eigenvalue weighted by atomic mass is 32.2. The minimum absolute atomic E-state index is 0.151. The second-order valence-electron chi connectivity index (χ2n) is 5.36. The summed E-state index contributed by atoms with van der Waals surface area (Å²) in [4.78, 5) is 13.8. The molecule has 3 aromatic heterocycles. The third kappa shape index (κ3) is 3.99. The van der Waals surface area contributed by atoms with Gasteiger partial charge < -0.3 is 10.2 Å². The maximum absolute atomic E-state index is 9.28. The first-order valence-electron chi connectivity index (χ1n) is 8.04. The fourth-order valence-electron chi connectivity index (χ4n) is 2.65. The van der Waals surface area contributed by atoms with Crippen molar-refractivity contribution in [3.05, 3.63) is 27.6 Å². The summed E-state index contributed by atoms with van der Waals surface area (Å²) < 4.78 is 0. The summed E-state index contributed by atoms with van der Waals surface area (Å²) in [5.41, 5.74) is 2.40. The third-order valence-electron chi connectivity index (χ3n) is 3.86. The molecule has 2 N–H and O–H groups in total. The molecule has 0 aliphatic carbocycles. The molecule has 0 aliphatic rings. The number of aliphatic hydroxyl groups is 2. The first kappa shape index (κ1) is 19.0. The third-order valence-corrected chi connectivity index (χ3v) is 8.03. The number of hydrogen-bond donors (Lipinski definition) is 2. The first-order valence-corrected chi connectivity index (χ1v) is 11.8. The van der Waals surface area contributed by atoms with Crippen molar-refractivity contribution < 1.29 is 10.2 Å². The Kier molecular flexibility index (Phi) is 6.65. The molecule has 8 heteroatoms. The lowest BCUT2D eigenvalue weighted by Gasteiger charge is -2.08. The fraction of sp³-hybridized carbons (Fsp3) is 0.412. The Balaban J connectivity index is 1.97. The molecule has 0 radical (unpaired) electrons. The summed E-state index contributed by atoms with van der Waals surface area (Å²) in [5.74, 6) is 0. The molecule has 3 heterocycles. The fourth-order valence-corrected chi connectivity index (χ4v) is 6.89. The van der Waals surface area contributed by atoms with Crippen molar-refractivity contribution in [1.29, 1.82) is 0 Å². The largest absolute Gasteiger partial charge is 0.396 e. The highest BCUT2D eigenvalue weighted by Gasteiger charge is 2.18. The number of thiophene rings is 1. The van der Waals surface area contributed by atoms with Crippen molar-refractivity contribution in [2.75, 3.05) is 19.5 Å². The summed E-state index contributed by atoms with van der Waals surface area (Å²) >= 11 is 6.59. The lowest BCUT2D eigenvalue weighted by molar-refractivity contribution is 0.298. The average Bonchev–Trinajstić information content (AvgIpc) is 3.29. The van der Waals surface area contributed by atoms with Gasteiger partial charge in [0, 0.05) is 18.1 Å². The first-order chi connectivity index (χ1) is 12.2. The average molecular weight is 413 g/mol. The van der Waals surface area contributed by atoms with Gasteiger partial charge in [-0.3, -0.25) is 0 Å². The minimum Gasteiger partial charge on any atom is -0.396 e. The topological polar surface area (TPSA) is 66.2 Å². The van der Waals surface area contributed by atoms with Crippen LogP contribution < -0.4 is 0 Å². The molecule has 0 saturated heterocycles. The van der Waals surface area contributed by atoms with Gasteiger partial charge in [-0.15, -0.1) is 23.1 Å². The summed E-state index contributed by atoms with van der Waals surface area (Å²) in [7, 11) is 0. The van der Waals surface area contributed by atoms with E-state index >= 15 is 0 Å². The highest BCUT2D eigenvalue weighted by molar-refractivity contribution is 8.07. The van der Waals surface area contributed by atoms with Gasteiger partial charge in [0.15, 0.2) is 9.66 Å². The van der Waals surface area contributed by atoms with E-state index in [2.05, 4.69) is 19.2 Å². The van der Waals surface area contributed by atoms with Crippen LogP contribution >= 0.6 is 45.8 Å². The molecular weight excluding hydrogens is 392 g/mol. The molecule has 0 unspecified atom stereocenters. The van der Waals surface area contributed by atoms with Crippen LogP contribution in [0.1, 0.15) is 30.3 Å². The van der Waals surface area contributed by atoms with Crippen molar-refractivity contribution in [3.8, 4) is 9.88 Å². The van der Waals surface area contributed by atoms with Crippen LogP contribution in [-0.2, 0) is 6.42 Å². The van der Waals surface area contributed by atoms with Gasteiger partial charge in [-0.2, -0.15) is 0 Å². The molecule has 4 nitrogen and oxygen atoms in total. The molecule has 0 aliphatic heterocycles. The molecular formula is C17H20N2O2S4. The normalized spacial score (nSPS) is 12.8. The molecule has 3 rings (SSSR count). The van der Waals surface area contributed by atoms with Gasteiger partial charge in [-0.05, 0) is 42.5 Å². The zero-order valence-corrected chi connectivity index (χ0v) is 17.4. The van der Waals surface area contributed by atoms with Crippen molar-refractivity contribution in [1.82, 2.24) is 9.97 Å². The number of fused-ring (bicyclic) bond motifs is 1. The number of nitrogens with zero attached hydrogens (tertiary/aromatic N) is 2. The predicted molar refractivity (Wildman–Crippen MR) is 112 cm³/mol. The van der Waals surface area contributed by atoms with Gasteiger partial charge in [0.05, 0.1) is 4.88 Å². The van der Waals surface area contributed by atoms with Crippen LogP contribution in [0, 0.1) is 0 Å². The highest BCUT2D eigenvalue weighted by Crippen LogP contribution is 2.41. The van der Waals surface area contributed by atoms with Gasteiger partial charge in [0.25, 0.3) is 0 Å². The molecule has 0 amide bonds. The molecule has 0 saturated carbocycles. The molecule has 0 spiro atoms. The zero-order valence-electron chi connectivity index (χ0n) is 14.1. The van der Waals surface area contributed by atoms with Gasteiger partial charge in [-0.25, -0.2) is 9.97 Å². The second-order valence-corrected chi connectivity index (χ2v) is 9.05. The molecule has 25 heavy (non-hydrogen) atoms. The van der Waals surface area contributed by atoms with Crippen LogP contribution in [0.2, 0.25) is 0 Å². The van der Waals surface area contributed by atoms with E-state index in [1.54, 1.807) is 45.8 Å². The van der Waals surface area contributed by atoms with E-state index in [9.17, 15) is 10.2 Å². The Labute approximate surface area is 163 Å². The maximum Gasteiger partial charge on any atom is 0.155 e. The monoisotopic (exact) mass is 412 g/mol. The molecule has 3 aromatic rings. The molecule has 0 bridgehead atoms. The molecule has 0 aromatic carbocycles. The van der Waals surface area contributed by atoms with Crippen LogP contribution in [0.4, 0.5) is 0 Å². The number of hydrogen-bond acceptors (Lipinski definition) is 8. The Morgan fingerprint density at radius 2 is 1.96 bits per heavy atom. The number of aliphatic hydroxyl groups excluding tert-OH is 2. The summed E-state index contributed by atoms with van der Waals surface area (Å²) in [5, 5.41) is 22.5. The Morgan fingerprint density at radius 3 is 2.60 bits per heavy atom. The smallest absolute Gasteiger partial charge is 0.155 e. The maximum atomic E-state index is 9.28. The summed E-state index contributed by atoms with van der Waals surface area (Å²) in [6.45, 7) is 2.44. The van der Waals surface area contributed by atoms with Gasteiger partial charge in [0.2, 0.25) is 0 Å². The zero-order chi connectivity index (χ0) is 17.8. The van der Waals surface area contributed by atoms with Crippen LogP contribution in [-0.4, -0.2) is 39.7 Å². The van der Waals surface area contributed by atoms with Crippen molar-refractivity contribution in [2.45, 2.75) is 26.2 Å². The van der Waals surface area contributed by atoms with Crippen molar-refractivity contribution in [3.63, 3.8) is 0 Å². The standard InChI is InChI=1S/C17H20N2O2S4/c1-3-10(4-7-20)12(22-2)14-18-16-17(24-14)19-15(25-16)13-11(5-8-21)6-9-23-13/h6,9,20-21H,3-5,7-8H2,1-2H3/b12-10+. The van der Waals surface area contributed by atoms with E-state index in [0.717, 1.165) is 36.5 Å². The van der Waals surface area contributed by atoms with Crippen LogP contribution in [0.15, 0.2) is 17.0 Å². The van der Waals surface area contributed by atoms with E-state index in [1.165, 1.54) is 10.5 Å². The van der Waals surface area contributed by atoms with Gasteiger partial charge >= 0.3 is 0 Å². The SMILES string of the molecule is CC/C(CCO)=C(\SC)c1nc2sc(-c3sccc3CCO)nc2s1. The molecule has 0 fully saturated rings.